The molecule has 16 heavy (non-hydrogen) atoms. The number of hydrogen-bond acceptors (Lipinski definition) is 4. The number of aromatic nitrogens is 3. The Morgan fingerprint density at radius 1 is 1.19 bits per heavy atom. The smallest absolute Gasteiger partial charge is 0.162 e. The molecule has 0 aliphatic heterocycles. The van der Waals surface area contributed by atoms with Crippen LogP contribution in [0.4, 0.5) is 5.82 Å². The molecule has 0 fully saturated rings. The van der Waals surface area contributed by atoms with Gasteiger partial charge in [-0.1, -0.05) is 6.07 Å². The van der Waals surface area contributed by atoms with E-state index in [2.05, 4.69) is 10.2 Å². The van der Waals surface area contributed by atoms with E-state index in [0.717, 1.165) is 17.2 Å². The lowest BCUT2D eigenvalue weighted by Crippen LogP contribution is -2.01. The first-order valence-corrected chi connectivity index (χ1v) is 4.95. The zero-order chi connectivity index (χ0) is 11.0. The highest BCUT2D eigenvalue weighted by Gasteiger charge is 2.09. The van der Waals surface area contributed by atoms with Gasteiger partial charge in [-0.3, -0.25) is 4.40 Å². The fourth-order valence-electron chi connectivity index (χ4n) is 1.71. The first kappa shape index (κ1) is 8.96. The topological polar surface area (TPSA) is 69.3 Å². The van der Waals surface area contributed by atoms with Crippen molar-refractivity contribution in [1.29, 1.82) is 0 Å². The van der Waals surface area contributed by atoms with Gasteiger partial charge < -0.3 is 10.2 Å². The second-order valence-electron chi connectivity index (χ2n) is 3.52. The molecule has 3 aromatic rings. The van der Waals surface area contributed by atoms with Crippen LogP contribution in [0.3, 0.4) is 0 Å². The molecule has 0 atom stereocenters. The summed E-state index contributed by atoms with van der Waals surface area (Å²) in [6.07, 6.45) is 2.23. The monoisotopic (exact) mass is 214 g/mol. The first-order chi connectivity index (χ1) is 7.84. The predicted octanol–water partition coefficient (Wildman–Crippen LogP) is 1.50. The molecule has 0 unspecified atom stereocenters. The molecule has 0 aliphatic carbocycles. The van der Waals surface area contributed by atoms with Gasteiger partial charge in [0.05, 0.1) is 12.7 Å². The zero-order valence-electron chi connectivity index (χ0n) is 8.50. The molecule has 0 saturated carbocycles. The minimum atomic E-state index is 0.586. The molecule has 2 N–H and O–H groups in total. The van der Waals surface area contributed by atoms with Crippen molar-refractivity contribution in [3.8, 4) is 0 Å². The van der Waals surface area contributed by atoms with Gasteiger partial charge in [0.1, 0.15) is 17.4 Å². The molecule has 0 amide bonds. The fourth-order valence-corrected chi connectivity index (χ4v) is 1.71. The van der Waals surface area contributed by atoms with Gasteiger partial charge in [0.2, 0.25) is 0 Å². The summed E-state index contributed by atoms with van der Waals surface area (Å²) in [6.45, 7) is 0. The van der Waals surface area contributed by atoms with E-state index in [-0.39, 0.29) is 0 Å². The van der Waals surface area contributed by atoms with Crippen LogP contribution >= 0.6 is 0 Å². The standard InChI is InChI=1S/C11H10N4O/c12-9-4-1-5-10-13-14-11(15(9)10)7-8-3-2-6-16-8/h1-6H,7,12H2. The predicted molar refractivity (Wildman–Crippen MR) is 58.9 cm³/mol. The van der Waals surface area contributed by atoms with Crippen LogP contribution in [0.5, 0.6) is 0 Å². The van der Waals surface area contributed by atoms with Crippen molar-refractivity contribution in [2.24, 2.45) is 0 Å². The maximum Gasteiger partial charge on any atom is 0.162 e. The van der Waals surface area contributed by atoms with Crippen LogP contribution in [-0.2, 0) is 6.42 Å². The van der Waals surface area contributed by atoms with Crippen molar-refractivity contribution < 1.29 is 4.42 Å². The highest BCUT2D eigenvalue weighted by Crippen LogP contribution is 2.13. The third kappa shape index (κ3) is 1.33. The van der Waals surface area contributed by atoms with Crippen LogP contribution in [0.25, 0.3) is 5.65 Å². The van der Waals surface area contributed by atoms with Crippen molar-refractivity contribution in [3.63, 3.8) is 0 Å². The Balaban J connectivity index is 2.10. The molecule has 5 nitrogen and oxygen atoms in total. The quantitative estimate of drug-likeness (QED) is 0.701. The highest BCUT2D eigenvalue weighted by molar-refractivity contribution is 5.47. The molecule has 0 aliphatic rings. The summed E-state index contributed by atoms with van der Waals surface area (Å²) in [6, 6.07) is 9.30. The van der Waals surface area contributed by atoms with Crippen molar-refractivity contribution in [1.82, 2.24) is 14.6 Å². The summed E-state index contributed by atoms with van der Waals surface area (Å²) in [5.41, 5.74) is 6.63. The number of hydrogen-bond donors (Lipinski definition) is 1. The fraction of sp³-hybridized carbons (Fsp3) is 0.0909. The van der Waals surface area contributed by atoms with E-state index >= 15 is 0 Å². The summed E-state index contributed by atoms with van der Waals surface area (Å²) < 4.78 is 7.10. The van der Waals surface area contributed by atoms with Crippen LogP contribution in [0.1, 0.15) is 11.6 Å². The van der Waals surface area contributed by atoms with Gasteiger partial charge >= 0.3 is 0 Å². The van der Waals surface area contributed by atoms with Crippen molar-refractivity contribution in [3.05, 3.63) is 48.2 Å². The molecular weight excluding hydrogens is 204 g/mol. The van der Waals surface area contributed by atoms with Gasteiger partial charge in [0.25, 0.3) is 0 Å². The molecule has 0 bridgehead atoms. The zero-order valence-corrected chi connectivity index (χ0v) is 8.50. The summed E-state index contributed by atoms with van der Waals surface area (Å²) >= 11 is 0. The van der Waals surface area contributed by atoms with Gasteiger partial charge in [0.15, 0.2) is 5.65 Å². The Labute approximate surface area is 91.5 Å². The van der Waals surface area contributed by atoms with E-state index in [4.69, 9.17) is 10.2 Å². The number of nitrogens with two attached hydrogens (primary N) is 1. The maximum atomic E-state index is 5.88. The molecule has 0 aromatic carbocycles. The maximum absolute atomic E-state index is 5.88. The number of rotatable bonds is 2. The first-order valence-electron chi connectivity index (χ1n) is 4.95. The Kier molecular flexibility index (Phi) is 1.89. The lowest BCUT2D eigenvalue weighted by molar-refractivity contribution is 0.516. The van der Waals surface area contributed by atoms with Gasteiger partial charge in [0, 0.05) is 0 Å². The van der Waals surface area contributed by atoms with Crippen LogP contribution in [0, 0.1) is 0 Å². The molecular formula is C11H10N4O. The van der Waals surface area contributed by atoms with Gasteiger partial charge in [-0.15, -0.1) is 10.2 Å². The number of nitrogens with zero attached hydrogens (tertiary/aromatic N) is 3. The van der Waals surface area contributed by atoms with Crippen molar-refractivity contribution >= 4 is 11.5 Å². The van der Waals surface area contributed by atoms with Crippen molar-refractivity contribution in [2.45, 2.75) is 6.42 Å². The molecule has 3 heterocycles. The molecule has 0 spiro atoms. The van der Waals surface area contributed by atoms with E-state index in [9.17, 15) is 0 Å². The highest BCUT2D eigenvalue weighted by atomic mass is 16.3. The Morgan fingerprint density at radius 2 is 2.12 bits per heavy atom. The second-order valence-corrected chi connectivity index (χ2v) is 3.52. The normalized spacial score (nSPS) is 11.0. The Bertz CT molecular complexity index is 612. The lowest BCUT2D eigenvalue weighted by atomic mass is 10.3. The van der Waals surface area contributed by atoms with E-state index in [1.54, 1.807) is 6.26 Å². The van der Waals surface area contributed by atoms with Crippen LogP contribution in [0.2, 0.25) is 0 Å². The molecule has 0 radical (unpaired) electrons. The molecule has 80 valence electrons. The number of anilines is 1. The Morgan fingerprint density at radius 3 is 2.94 bits per heavy atom. The molecule has 0 saturated heterocycles. The summed E-state index contributed by atoms with van der Waals surface area (Å²) in [5, 5.41) is 8.16. The summed E-state index contributed by atoms with van der Waals surface area (Å²) in [7, 11) is 0. The van der Waals surface area contributed by atoms with Crippen molar-refractivity contribution in [2.75, 3.05) is 5.73 Å². The van der Waals surface area contributed by atoms with Gasteiger partial charge in [-0.2, -0.15) is 0 Å². The number of furan rings is 1. The summed E-state index contributed by atoms with van der Waals surface area (Å²) in [5.74, 6) is 2.25. The largest absolute Gasteiger partial charge is 0.469 e. The van der Waals surface area contributed by atoms with Crippen LogP contribution < -0.4 is 5.73 Å². The van der Waals surface area contributed by atoms with Gasteiger partial charge in [-0.05, 0) is 24.3 Å². The average molecular weight is 214 g/mol. The van der Waals surface area contributed by atoms with Crippen LogP contribution in [-0.4, -0.2) is 14.6 Å². The molecule has 3 rings (SSSR count). The minimum Gasteiger partial charge on any atom is -0.469 e. The van der Waals surface area contributed by atoms with Gasteiger partial charge in [-0.25, -0.2) is 0 Å². The van der Waals surface area contributed by atoms with E-state index in [1.165, 1.54) is 0 Å². The third-order valence-corrected chi connectivity index (χ3v) is 2.44. The molecule has 3 aromatic heterocycles. The number of fused-ring (bicyclic) bond motifs is 1. The SMILES string of the molecule is Nc1cccc2nnc(Cc3ccco3)n12. The van der Waals surface area contributed by atoms with Crippen LogP contribution in [0.15, 0.2) is 41.0 Å². The third-order valence-electron chi connectivity index (χ3n) is 2.44. The van der Waals surface area contributed by atoms with E-state index in [0.29, 0.717) is 12.2 Å². The lowest BCUT2D eigenvalue weighted by Gasteiger charge is -2.01. The average Bonchev–Trinajstić information content (AvgIpc) is 2.90. The second kappa shape index (κ2) is 3.37. The number of nitrogen functional groups attached to an aromatic ring is 1. The summed E-state index contributed by atoms with van der Waals surface area (Å²) in [4.78, 5) is 0. The van der Waals surface area contributed by atoms with E-state index < -0.39 is 0 Å². The minimum absolute atomic E-state index is 0.586. The van der Waals surface area contributed by atoms with E-state index in [1.807, 2.05) is 34.7 Å². The molecule has 5 heteroatoms. The number of pyridine rings is 1. The Hall–Kier alpha value is -2.30.